The van der Waals surface area contributed by atoms with Gasteiger partial charge in [-0.15, -0.1) is 0 Å². The SMILES string of the molecule is CCCCCCCCCCCCCCCCCCCC(O)C(CS(=O)(=O)O)NC(=O)C(O)CCCCCCCCCCCCCC. The molecule has 0 aliphatic heterocycles. The first kappa shape index (κ1) is 45.3. The highest BCUT2D eigenvalue weighted by atomic mass is 32.2. The van der Waals surface area contributed by atoms with Crippen LogP contribution in [-0.4, -0.2) is 53.1 Å². The minimum atomic E-state index is -4.40. The molecule has 0 aliphatic carbocycles. The summed E-state index contributed by atoms with van der Waals surface area (Å²) in [6.07, 6.45) is 34.0. The predicted octanol–water partition coefficient (Wildman–Crippen LogP) is 10.2. The molecule has 0 aromatic rings. The molecule has 276 valence electrons. The van der Waals surface area contributed by atoms with Gasteiger partial charge in [0, 0.05) is 0 Å². The van der Waals surface area contributed by atoms with Crippen molar-refractivity contribution in [1.82, 2.24) is 5.32 Å². The second-order valence-electron chi connectivity index (χ2n) is 14.1. The largest absolute Gasteiger partial charge is 0.391 e. The first-order chi connectivity index (χ1) is 22.2. The maximum atomic E-state index is 12.6. The van der Waals surface area contributed by atoms with Crippen LogP contribution in [0.25, 0.3) is 0 Å². The first-order valence-corrected chi connectivity index (χ1v) is 21.4. The number of hydrogen-bond donors (Lipinski definition) is 4. The van der Waals surface area contributed by atoms with Crippen LogP contribution in [-0.2, 0) is 14.9 Å². The van der Waals surface area contributed by atoms with E-state index in [1.807, 2.05) is 0 Å². The zero-order valence-corrected chi connectivity index (χ0v) is 31.2. The van der Waals surface area contributed by atoms with Gasteiger partial charge in [-0.2, -0.15) is 8.42 Å². The van der Waals surface area contributed by atoms with Gasteiger partial charge in [-0.05, 0) is 12.8 Å². The number of unbranched alkanes of at least 4 members (excludes halogenated alkanes) is 27. The fraction of sp³-hybridized carbons (Fsp3) is 0.974. The quantitative estimate of drug-likeness (QED) is 0.0387. The van der Waals surface area contributed by atoms with Crippen molar-refractivity contribution in [3.05, 3.63) is 0 Å². The van der Waals surface area contributed by atoms with Gasteiger partial charge in [0.25, 0.3) is 10.1 Å². The highest BCUT2D eigenvalue weighted by molar-refractivity contribution is 7.85. The standard InChI is InChI=1S/C38H77NO6S/c1-3-5-7-9-11-13-15-17-18-19-20-21-23-24-26-28-30-32-36(40)35(34-46(43,44)45)39-38(42)37(41)33-31-29-27-25-22-16-14-12-10-8-6-4-2/h35-37,40-41H,3-34H2,1-2H3,(H,39,42)(H,43,44,45). The van der Waals surface area contributed by atoms with Gasteiger partial charge in [0.05, 0.1) is 17.9 Å². The van der Waals surface area contributed by atoms with Crippen molar-refractivity contribution >= 4 is 16.0 Å². The van der Waals surface area contributed by atoms with E-state index in [-0.39, 0.29) is 0 Å². The van der Waals surface area contributed by atoms with Crippen LogP contribution in [0.4, 0.5) is 0 Å². The Kier molecular flexibility index (Phi) is 32.3. The van der Waals surface area contributed by atoms with E-state index in [9.17, 15) is 28.0 Å². The second-order valence-corrected chi connectivity index (χ2v) is 15.6. The van der Waals surface area contributed by atoms with E-state index in [4.69, 9.17) is 0 Å². The average Bonchev–Trinajstić information content (AvgIpc) is 3.01. The van der Waals surface area contributed by atoms with E-state index < -0.39 is 40.0 Å². The van der Waals surface area contributed by atoms with Crippen LogP contribution in [0.3, 0.4) is 0 Å². The highest BCUT2D eigenvalue weighted by Crippen LogP contribution is 2.17. The van der Waals surface area contributed by atoms with Crippen molar-refractivity contribution in [2.24, 2.45) is 0 Å². The average molecular weight is 676 g/mol. The Hall–Kier alpha value is -0.700. The summed E-state index contributed by atoms with van der Waals surface area (Å²) in [5.74, 6) is -1.44. The van der Waals surface area contributed by atoms with E-state index in [1.165, 1.54) is 141 Å². The Bertz CT molecular complexity index is 762. The molecule has 8 heteroatoms. The molecule has 0 spiro atoms. The second kappa shape index (κ2) is 32.8. The third-order valence-electron chi connectivity index (χ3n) is 9.42. The topological polar surface area (TPSA) is 124 Å². The maximum absolute atomic E-state index is 12.6. The van der Waals surface area contributed by atoms with Crippen molar-refractivity contribution in [1.29, 1.82) is 0 Å². The third kappa shape index (κ3) is 31.9. The molecule has 3 atom stereocenters. The highest BCUT2D eigenvalue weighted by Gasteiger charge is 2.28. The lowest BCUT2D eigenvalue weighted by atomic mass is 10.0. The summed E-state index contributed by atoms with van der Waals surface area (Å²) in [5, 5.41) is 23.5. The zero-order chi connectivity index (χ0) is 34.1. The summed E-state index contributed by atoms with van der Waals surface area (Å²) in [5.41, 5.74) is 0. The number of carbonyl (C=O) groups excluding carboxylic acids is 1. The van der Waals surface area contributed by atoms with Crippen molar-refractivity contribution in [2.75, 3.05) is 5.75 Å². The Labute approximate surface area is 285 Å². The number of hydrogen-bond acceptors (Lipinski definition) is 5. The number of nitrogens with one attached hydrogen (secondary N) is 1. The summed E-state index contributed by atoms with van der Waals surface area (Å²) < 4.78 is 32.5. The molecule has 0 rings (SSSR count). The van der Waals surface area contributed by atoms with Gasteiger partial charge >= 0.3 is 0 Å². The van der Waals surface area contributed by atoms with E-state index in [2.05, 4.69) is 19.2 Å². The number of aliphatic hydroxyl groups excluding tert-OH is 2. The van der Waals surface area contributed by atoms with Crippen LogP contribution in [0.5, 0.6) is 0 Å². The molecule has 3 unspecified atom stereocenters. The molecule has 0 saturated heterocycles. The molecule has 7 nitrogen and oxygen atoms in total. The van der Waals surface area contributed by atoms with E-state index >= 15 is 0 Å². The van der Waals surface area contributed by atoms with Crippen LogP contribution in [0.15, 0.2) is 0 Å². The van der Waals surface area contributed by atoms with Gasteiger partial charge in [-0.3, -0.25) is 9.35 Å². The first-order valence-electron chi connectivity index (χ1n) is 19.8. The van der Waals surface area contributed by atoms with Crippen LogP contribution in [0, 0.1) is 0 Å². The van der Waals surface area contributed by atoms with E-state index in [1.54, 1.807) is 0 Å². The van der Waals surface area contributed by atoms with Gasteiger partial charge in [0.1, 0.15) is 6.10 Å². The van der Waals surface area contributed by atoms with Crippen LogP contribution >= 0.6 is 0 Å². The van der Waals surface area contributed by atoms with Crippen molar-refractivity contribution in [3.63, 3.8) is 0 Å². The normalized spacial score (nSPS) is 13.9. The van der Waals surface area contributed by atoms with Crippen LogP contribution in [0.1, 0.15) is 213 Å². The van der Waals surface area contributed by atoms with Crippen molar-refractivity contribution in [3.8, 4) is 0 Å². The Morgan fingerprint density at radius 1 is 0.500 bits per heavy atom. The fourth-order valence-corrected chi connectivity index (χ4v) is 7.10. The minimum Gasteiger partial charge on any atom is -0.391 e. The zero-order valence-electron chi connectivity index (χ0n) is 30.3. The number of carbonyl (C=O) groups is 1. The monoisotopic (exact) mass is 676 g/mol. The molecule has 0 heterocycles. The molecule has 0 radical (unpaired) electrons. The minimum absolute atomic E-state index is 0.303. The molecule has 0 aromatic heterocycles. The fourth-order valence-electron chi connectivity index (χ4n) is 6.34. The summed E-state index contributed by atoms with van der Waals surface area (Å²) >= 11 is 0. The van der Waals surface area contributed by atoms with Crippen LogP contribution in [0.2, 0.25) is 0 Å². The van der Waals surface area contributed by atoms with Gasteiger partial charge in [-0.25, -0.2) is 0 Å². The lowest BCUT2D eigenvalue weighted by Gasteiger charge is -2.24. The number of aliphatic hydroxyl groups is 2. The number of amides is 1. The van der Waals surface area contributed by atoms with Gasteiger partial charge in [-0.1, -0.05) is 200 Å². The summed E-state index contributed by atoms with van der Waals surface area (Å²) in [6.45, 7) is 4.50. The van der Waals surface area contributed by atoms with E-state index in [0.29, 0.717) is 12.8 Å². The van der Waals surface area contributed by atoms with Gasteiger partial charge < -0.3 is 15.5 Å². The molecule has 4 N–H and O–H groups in total. The molecule has 0 saturated carbocycles. The molecule has 0 aliphatic rings. The van der Waals surface area contributed by atoms with Crippen molar-refractivity contribution in [2.45, 2.75) is 231 Å². The molecule has 46 heavy (non-hydrogen) atoms. The summed E-state index contributed by atoms with van der Waals surface area (Å²) in [6, 6.07) is -1.14. The third-order valence-corrected chi connectivity index (χ3v) is 10.2. The van der Waals surface area contributed by atoms with Crippen molar-refractivity contribution < 1.29 is 28.0 Å². The smallest absolute Gasteiger partial charge is 0.266 e. The summed E-state index contributed by atoms with van der Waals surface area (Å²) in [4.78, 5) is 12.6. The molecular formula is C38H77NO6S. The van der Waals surface area contributed by atoms with Gasteiger partial charge in [0.2, 0.25) is 5.91 Å². The van der Waals surface area contributed by atoms with Crippen LogP contribution < -0.4 is 5.32 Å². The van der Waals surface area contributed by atoms with Gasteiger partial charge in [0.15, 0.2) is 0 Å². The Morgan fingerprint density at radius 2 is 0.783 bits per heavy atom. The summed E-state index contributed by atoms with van der Waals surface area (Å²) in [7, 11) is -4.40. The lowest BCUT2D eigenvalue weighted by molar-refractivity contribution is -0.131. The molecule has 0 aromatic carbocycles. The molecular weight excluding hydrogens is 598 g/mol. The molecule has 0 fully saturated rings. The maximum Gasteiger partial charge on any atom is 0.266 e. The Morgan fingerprint density at radius 3 is 1.09 bits per heavy atom. The Balaban J connectivity index is 3.97. The number of rotatable bonds is 36. The lowest BCUT2D eigenvalue weighted by Crippen LogP contribution is -2.50. The molecule has 1 amide bonds. The molecule has 0 bridgehead atoms. The van der Waals surface area contributed by atoms with E-state index in [0.717, 1.165) is 44.9 Å². The predicted molar refractivity (Wildman–Crippen MR) is 195 cm³/mol.